The van der Waals surface area contributed by atoms with Crippen LogP contribution in [-0.4, -0.2) is 23.5 Å². The molecular formula is C12H19NO3. The van der Waals surface area contributed by atoms with Gasteiger partial charge in [-0.25, -0.2) is 0 Å². The molecule has 0 saturated carbocycles. The molecule has 16 heavy (non-hydrogen) atoms. The first-order valence-electron chi connectivity index (χ1n) is 5.68. The number of carbonyl (C=O) groups is 2. The number of allylic oxidation sites excluding steroid dienone is 2. The molecule has 0 aromatic heterocycles. The number of carboxylic acids is 1. The van der Waals surface area contributed by atoms with Crippen molar-refractivity contribution in [2.24, 2.45) is 17.8 Å². The molecule has 0 aliphatic heterocycles. The van der Waals surface area contributed by atoms with Gasteiger partial charge in [0.2, 0.25) is 5.91 Å². The second-order valence-electron chi connectivity index (χ2n) is 4.63. The highest BCUT2D eigenvalue weighted by molar-refractivity contribution is 5.85. The van der Waals surface area contributed by atoms with Gasteiger partial charge in [-0.15, -0.1) is 0 Å². The van der Waals surface area contributed by atoms with Crippen molar-refractivity contribution in [2.75, 3.05) is 6.54 Å². The van der Waals surface area contributed by atoms with Crippen LogP contribution in [0, 0.1) is 17.8 Å². The van der Waals surface area contributed by atoms with Crippen LogP contribution in [-0.2, 0) is 9.59 Å². The Bertz CT molecular complexity index is 297. The third kappa shape index (κ3) is 3.36. The number of amides is 1. The van der Waals surface area contributed by atoms with Gasteiger partial charge in [0, 0.05) is 6.54 Å². The van der Waals surface area contributed by atoms with E-state index < -0.39 is 17.8 Å². The molecule has 0 bridgehead atoms. The number of carboxylic acid groups (broad SMARTS) is 1. The highest BCUT2D eigenvalue weighted by Crippen LogP contribution is 2.25. The Kier molecular flexibility index (Phi) is 4.52. The van der Waals surface area contributed by atoms with Gasteiger partial charge >= 0.3 is 5.97 Å². The van der Waals surface area contributed by atoms with Crippen LogP contribution >= 0.6 is 0 Å². The number of hydrogen-bond donors (Lipinski definition) is 2. The van der Waals surface area contributed by atoms with Gasteiger partial charge in [0.05, 0.1) is 11.8 Å². The average Bonchev–Trinajstić information content (AvgIpc) is 2.25. The molecule has 1 rings (SSSR count). The quantitative estimate of drug-likeness (QED) is 0.711. The standard InChI is InChI=1S/C12H19NO3/c1-8(2)7-13-11(14)9-5-3-4-6-10(9)12(15)16/h3-4,8-10H,5-7H2,1-2H3,(H,13,14)(H,15,16)/t9-,10+/m1/s1. The van der Waals surface area contributed by atoms with Crippen molar-refractivity contribution >= 4 is 11.9 Å². The lowest BCUT2D eigenvalue weighted by Crippen LogP contribution is -2.40. The van der Waals surface area contributed by atoms with E-state index in [1.54, 1.807) is 0 Å². The third-order valence-corrected chi connectivity index (χ3v) is 2.77. The van der Waals surface area contributed by atoms with Crippen LogP contribution in [0.5, 0.6) is 0 Å². The summed E-state index contributed by atoms with van der Waals surface area (Å²) in [5, 5.41) is 11.8. The Balaban J connectivity index is 2.58. The lowest BCUT2D eigenvalue weighted by Gasteiger charge is -2.24. The molecule has 0 aromatic carbocycles. The summed E-state index contributed by atoms with van der Waals surface area (Å²) in [5.41, 5.74) is 0. The van der Waals surface area contributed by atoms with Gasteiger partial charge in [0.15, 0.2) is 0 Å². The molecule has 1 amide bonds. The van der Waals surface area contributed by atoms with Gasteiger partial charge in [-0.05, 0) is 18.8 Å². The molecule has 1 aliphatic rings. The van der Waals surface area contributed by atoms with Gasteiger partial charge in [-0.2, -0.15) is 0 Å². The highest BCUT2D eigenvalue weighted by atomic mass is 16.4. The second-order valence-corrected chi connectivity index (χ2v) is 4.63. The molecule has 2 atom stereocenters. The van der Waals surface area contributed by atoms with E-state index in [0.29, 0.717) is 25.3 Å². The summed E-state index contributed by atoms with van der Waals surface area (Å²) in [4.78, 5) is 22.8. The molecule has 0 radical (unpaired) electrons. The molecule has 0 heterocycles. The van der Waals surface area contributed by atoms with E-state index in [9.17, 15) is 9.59 Å². The number of carbonyl (C=O) groups excluding carboxylic acids is 1. The molecule has 0 unspecified atom stereocenters. The Morgan fingerprint density at radius 2 is 1.88 bits per heavy atom. The molecule has 0 aromatic rings. The van der Waals surface area contributed by atoms with E-state index in [0.717, 1.165) is 0 Å². The average molecular weight is 225 g/mol. The smallest absolute Gasteiger partial charge is 0.307 e. The van der Waals surface area contributed by atoms with Crippen LogP contribution in [0.3, 0.4) is 0 Å². The zero-order valence-electron chi connectivity index (χ0n) is 9.77. The van der Waals surface area contributed by atoms with E-state index in [2.05, 4.69) is 5.32 Å². The fourth-order valence-electron chi connectivity index (χ4n) is 1.81. The predicted molar refractivity (Wildman–Crippen MR) is 60.8 cm³/mol. The number of nitrogens with one attached hydrogen (secondary N) is 1. The number of hydrogen-bond acceptors (Lipinski definition) is 2. The highest BCUT2D eigenvalue weighted by Gasteiger charge is 2.33. The summed E-state index contributed by atoms with van der Waals surface area (Å²) in [6.45, 7) is 4.62. The van der Waals surface area contributed by atoms with Gasteiger partial charge in [-0.1, -0.05) is 26.0 Å². The predicted octanol–water partition coefficient (Wildman–Crippen LogP) is 1.43. The van der Waals surface area contributed by atoms with Crippen molar-refractivity contribution in [3.63, 3.8) is 0 Å². The van der Waals surface area contributed by atoms with Crippen molar-refractivity contribution in [3.8, 4) is 0 Å². The molecule has 90 valence electrons. The maximum Gasteiger partial charge on any atom is 0.307 e. The van der Waals surface area contributed by atoms with Crippen molar-refractivity contribution in [2.45, 2.75) is 26.7 Å². The van der Waals surface area contributed by atoms with E-state index in [-0.39, 0.29) is 5.91 Å². The molecule has 1 aliphatic carbocycles. The van der Waals surface area contributed by atoms with Crippen LogP contribution in [0.25, 0.3) is 0 Å². The lowest BCUT2D eigenvalue weighted by atomic mass is 9.82. The number of rotatable bonds is 4. The van der Waals surface area contributed by atoms with Gasteiger partial charge < -0.3 is 10.4 Å². The summed E-state index contributed by atoms with van der Waals surface area (Å²) in [7, 11) is 0. The normalized spacial score (nSPS) is 24.4. The third-order valence-electron chi connectivity index (χ3n) is 2.77. The van der Waals surface area contributed by atoms with Crippen LogP contribution in [0.4, 0.5) is 0 Å². The summed E-state index contributed by atoms with van der Waals surface area (Å²) in [6, 6.07) is 0. The lowest BCUT2D eigenvalue weighted by molar-refractivity contribution is -0.147. The van der Waals surface area contributed by atoms with E-state index in [4.69, 9.17) is 5.11 Å². The first kappa shape index (κ1) is 12.7. The topological polar surface area (TPSA) is 66.4 Å². The minimum absolute atomic E-state index is 0.134. The van der Waals surface area contributed by atoms with Crippen molar-refractivity contribution in [1.82, 2.24) is 5.32 Å². The zero-order valence-corrected chi connectivity index (χ0v) is 9.77. The fraction of sp³-hybridized carbons (Fsp3) is 0.667. The van der Waals surface area contributed by atoms with Crippen molar-refractivity contribution in [3.05, 3.63) is 12.2 Å². The molecule has 0 spiro atoms. The van der Waals surface area contributed by atoms with Gasteiger partial charge in [0.1, 0.15) is 0 Å². The Labute approximate surface area is 95.7 Å². The van der Waals surface area contributed by atoms with Gasteiger partial charge in [0.25, 0.3) is 0 Å². The van der Waals surface area contributed by atoms with E-state index in [1.165, 1.54) is 0 Å². The summed E-state index contributed by atoms with van der Waals surface area (Å²) >= 11 is 0. The molecule has 4 nitrogen and oxygen atoms in total. The van der Waals surface area contributed by atoms with Crippen LogP contribution in [0.1, 0.15) is 26.7 Å². The second kappa shape index (κ2) is 5.68. The van der Waals surface area contributed by atoms with Gasteiger partial charge in [-0.3, -0.25) is 9.59 Å². The fourth-order valence-corrected chi connectivity index (χ4v) is 1.81. The molecular weight excluding hydrogens is 206 g/mol. The zero-order chi connectivity index (χ0) is 12.1. The van der Waals surface area contributed by atoms with E-state index in [1.807, 2.05) is 26.0 Å². The first-order chi connectivity index (χ1) is 7.52. The molecule has 4 heteroatoms. The van der Waals surface area contributed by atoms with Crippen molar-refractivity contribution < 1.29 is 14.7 Å². The van der Waals surface area contributed by atoms with E-state index >= 15 is 0 Å². The minimum atomic E-state index is -0.881. The maximum atomic E-state index is 11.8. The Morgan fingerprint density at radius 1 is 1.31 bits per heavy atom. The Morgan fingerprint density at radius 3 is 2.38 bits per heavy atom. The summed E-state index contributed by atoms with van der Waals surface area (Å²) in [5.74, 6) is -1.62. The number of aliphatic carboxylic acids is 1. The molecule has 0 saturated heterocycles. The SMILES string of the molecule is CC(C)CNC(=O)[C@@H]1CC=CC[C@@H]1C(=O)O. The largest absolute Gasteiger partial charge is 0.481 e. The van der Waals surface area contributed by atoms with Crippen molar-refractivity contribution in [1.29, 1.82) is 0 Å². The molecule has 0 fully saturated rings. The van der Waals surface area contributed by atoms with Crippen LogP contribution in [0.2, 0.25) is 0 Å². The summed E-state index contributed by atoms with van der Waals surface area (Å²) in [6.07, 6.45) is 4.71. The minimum Gasteiger partial charge on any atom is -0.481 e. The monoisotopic (exact) mass is 225 g/mol. The Hall–Kier alpha value is -1.32. The van der Waals surface area contributed by atoms with Crippen LogP contribution < -0.4 is 5.32 Å². The summed E-state index contributed by atoms with van der Waals surface area (Å²) < 4.78 is 0. The maximum absolute atomic E-state index is 11.8. The molecule has 2 N–H and O–H groups in total. The first-order valence-corrected chi connectivity index (χ1v) is 5.68. The van der Waals surface area contributed by atoms with Crippen LogP contribution in [0.15, 0.2) is 12.2 Å².